The van der Waals surface area contributed by atoms with Crippen molar-refractivity contribution in [3.05, 3.63) is 53.1 Å². The molecule has 0 saturated carbocycles. The van der Waals surface area contributed by atoms with E-state index in [9.17, 15) is 13.9 Å². The predicted molar refractivity (Wildman–Crippen MR) is 63.1 cm³/mol. The molecule has 0 aliphatic carbocycles. The number of hydrogen-bond donors (Lipinski definition) is 1. The number of aryl methyl sites for hydroxylation is 2. The van der Waals surface area contributed by atoms with Crippen molar-refractivity contribution in [3.8, 4) is 0 Å². The molecule has 1 unspecified atom stereocenters. The van der Waals surface area contributed by atoms with Gasteiger partial charge in [0, 0.05) is 18.9 Å². The van der Waals surface area contributed by atoms with Crippen LogP contribution in [0.4, 0.5) is 8.78 Å². The fourth-order valence-electron chi connectivity index (χ4n) is 1.89. The van der Waals surface area contributed by atoms with Gasteiger partial charge in [0.2, 0.25) is 0 Å². The average Bonchev–Trinajstić information content (AvgIpc) is 2.82. The monoisotopic (exact) mass is 252 g/mol. The fraction of sp³-hybridized carbons (Fsp3) is 0.308. The highest BCUT2D eigenvalue weighted by Gasteiger charge is 2.24. The summed E-state index contributed by atoms with van der Waals surface area (Å²) in [5.74, 6) is -1.26. The quantitative estimate of drug-likeness (QED) is 0.911. The molecule has 1 aromatic carbocycles. The van der Waals surface area contributed by atoms with E-state index in [1.807, 2.05) is 6.92 Å². The lowest BCUT2D eigenvalue weighted by Crippen LogP contribution is -2.12. The summed E-state index contributed by atoms with van der Waals surface area (Å²) in [7, 11) is 0. The number of benzene rings is 1. The number of aliphatic hydroxyl groups excluding tert-OH is 1. The van der Waals surface area contributed by atoms with Gasteiger partial charge < -0.3 is 9.67 Å². The van der Waals surface area contributed by atoms with Gasteiger partial charge in [-0.05, 0) is 25.5 Å². The van der Waals surface area contributed by atoms with Crippen LogP contribution in [0.5, 0.6) is 0 Å². The maximum atomic E-state index is 13.9. The van der Waals surface area contributed by atoms with Crippen LogP contribution in [0, 0.1) is 18.6 Å². The molecule has 0 aliphatic heterocycles. The molecular formula is C13H14F2N2O. The van der Waals surface area contributed by atoms with Crippen LogP contribution in [-0.2, 0) is 6.54 Å². The van der Waals surface area contributed by atoms with E-state index < -0.39 is 17.7 Å². The molecule has 96 valence electrons. The van der Waals surface area contributed by atoms with Crippen molar-refractivity contribution in [1.82, 2.24) is 9.55 Å². The van der Waals surface area contributed by atoms with E-state index in [0.29, 0.717) is 12.1 Å². The Balaban J connectivity index is 2.52. The summed E-state index contributed by atoms with van der Waals surface area (Å²) in [6.07, 6.45) is 1.75. The van der Waals surface area contributed by atoms with Crippen LogP contribution >= 0.6 is 0 Å². The van der Waals surface area contributed by atoms with Crippen molar-refractivity contribution in [3.63, 3.8) is 0 Å². The van der Waals surface area contributed by atoms with E-state index in [0.717, 1.165) is 6.07 Å². The third-order valence-electron chi connectivity index (χ3n) is 2.93. The van der Waals surface area contributed by atoms with Crippen molar-refractivity contribution < 1.29 is 13.9 Å². The standard InChI is InChI=1S/C13H14F2N2O/c1-3-17-7-6-16-13(17)12(18)10-9(14)5-4-8(2)11(10)15/h4-7,12,18H,3H2,1-2H3. The molecule has 1 N–H and O–H groups in total. The lowest BCUT2D eigenvalue weighted by atomic mass is 10.0. The van der Waals surface area contributed by atoms with Crippen LogP contribution in [0.2, 0.25) is 0 Å². The van der Waals surface area contributed by atoms with Gasteiger partial charge in [-0.1, -0.05) is 6.07 Å². The van der Waals surface area contributed by atoms with Gasteiger partial charge in [-0.3, -0.25) is 0 Å². The zero-order valence-electron chi connectivity index (χ0n) is 10.2. The zero-order chi connectivity index (χ0) is 13.3. The molecule has 0 aliphatic rings. The van der Waals surface area contributed by atoms with E-state index >= 15 is 0 Å². The van der Waals surface area contributed by atoms with Crippen LogP contribution < -0.4 is 0 Å². The number of nitrogens with zero attached hydrogens (tertiary/aromatic N) is 2. The molecule has 1 atom stereocenters. The summed E-state index contributed by atoms with van der Waals surface area (Å²) in [6, 6.07) is 2.49. The number of aromatic nitrogens is 2. The Morgan fingerprint density at radius 1 is 1.39 bits per heavy atom. The fourth-order valence-corrected chi connectivity index (χ4v) is 1.89. The SMILES string of the molecule is CCn1ccnc1C(O)c1c(F)ccc(C)c1F. The molecule has 0 bridgehead atoms. The Morgan fingerprint density at radius 3 is 2.78 bits per heavy atom. The van der Waals surface area contributed by atoms with Crippen molar-refractivity contribution in [1.29, 1.82) is 0 Å². The lowest BCUT2D eigenvalue weighted by molar-refractivity contribution is 0.194. The molecule has 2 rings (SSSR count). The molecule has 0 spiro atoms. The van der Waals surface area contributed by atoms with Crippen LogP contribution in [-0.4, -0.2) is 14.7 Å². The second kappa shape index (κ2) is 4.86. The molecule has 2 aromatic rings. The highest BCUT2D eigenvalue weighted by Crippen LogP contribution is 2.27. The Hall–Kier alpha value is -1.75. The average molecular weight is 252 g/mol. The van der Waals surface area contributed by atoms with Crippen molar-refractivity contribution in [2.24, 2.45) is 0 Å². The van der Waals surface area contributed by atoms with Crippen molar-refractivity contribution in [2.45, 2.75) is 26.5 Å². The molecule has 0 fully saturated rings. The first kappa shape index (κ1) is 12.7. The van der Waals surface area contributed by atoms with Gasteiger partial charge >= 0.3 is 0 Å². The van der Waals surface area contributed by atoms with E-state index in [1.54, 1.807) is 10.8 Å². The van der Waals surface area contributed by atoms with Crippen LogP contribution in [0.1, 0.15) is 30.0 Å². The second-order valence-electron chi connectivity index (χ2n) is 4.07. The lowest BCUT2D eigenvalue weighted by Gasteiger charge is -2.15. The first-order chi connectivity index (χ1) is 8.56. The molecule has 1 heterocycles. The number of halogens is 2. The summed E-state index contributed by atoms with van der Waals surface area (Å²) >= 11 is 0. The molecule has 3 nitrogen and oxygen atoms in total. The van der Waals surface area contributed by atoms with Crippen LogP contribution in [0.3, 0.4) is 0 Å². The zero-order valence-corrected chi connectivity index (χ0v) is 10.2. The smallest absolute Gasteiger partial charge is 0.142 e. The number of hydrogen-bond acceptors (Lipinski definition) is 2. The first-order valence-electron chi connectivity index (χ1n) is 5.69. The topological polar surface area (TPSA) is 38.0 Å². The second-order valence-corrected chi connectivity index (χ2v) is 4.07. The van der Waals surface area contributed by atoms with E-state index in [1.165, 1.54) is 19.2 Å². The maximum absolute atomic E-state index is 13.9. The van der Waals surface area contributed by atoms with Crippen LogP contribution in [0.15, 0.2) is 24.5 Å². The van der Waals surface area contributed by atoms with Gasteiger partial charge in [0.1, 0.15) is 23.6 Å². The van der Waals surface area contributed by atoms with Gasteiger partial charge in [-0.15, -0.1) is 0 Å². The third-order valence-corrected chi connectivity index (χ3v) is 2.93. The van der Waals surface area contributed by atoms with Crippen molar-refractivity contribution >= 4 is 0 Å². The molecular weight excluding hydrogens is 238 g/mol. The van der Waals surface area contributed by atoms with E-state index in [-0.39, 0.29) is 11.4 Å². The third kappa shape index (κ3) is 2.01. The number of imidazole rings is 1. The van der Waals surface area contributed by atoms with Gasteiger partial charge in [0.15, 0.2) is 0 Å². The Morgan fingerprint density at radius 2 is 2.11 bits per heavy atom. The highest BCUT2D eigenvalue weighted by molar-refractivity contribution is 5.31. The van der Waals surface area contributed by atoms with Gasteiger partial charge in [-0.25, -0.2) is 13.8 Å². The molecule has 0 radical (unpaired) electrons. The largest absolute Gasteiger partial charge is 0.380 e. The molecule has 18 heavy (non-hydrogen) atoms. The van der Waals surface area contributed by atoms with Gasteiger partial charge in [-0.2, -0.15) is 0 Å². The van der Waals surface area contributed by atoms with Gasteiger partial charge in [0.05, 0.1) is 5.56 Å². The minimum atomic E-state index is -1.40. The molecule has 1 aromatic heterocycles. The summed E-state index contributed by atoms with van der Waals surface area (Å²) in [6.45, 7) is 3.96. The van der Waals surface area contributed by atoms with Crippen LogP contribution in [0.25, 0.3) is 0 Å². The Kier molecular flexibility index (Phi) is 3.43. The Labute approximate surface area is 104 Å². The molecule has 0 amide bonds. The Bertz CT molecular complexity index is 566. The summed E-state index contributed by atoms with van der Waals surface area (Å²) < 4.78 is 29.2. The minimum Gasteiger partial charge on any atom is -0.380 e. The highest BCUT2D eigenvalue weighted by atomic mass is 19.1. The number of aliphatic hydroxyl groups is 1. The summed E-state index contributed by atoms with van der Waals surface area (Å²) in [5, 5.41) is 10.1. The minimum absolute atomic E-state index is 0.237. The normalized spacial score (nSPS) is 12.7. The summed E-state index contributed by atoms with van der Waals surface area (Å²) in [4.78, 5) is 3.95. The van der Waals surface area contributed by atoms with Crippen molar-refractivity contribution in [2.75, 3.05) is 0 Å². The number of rotatable bonds is 3. The van der Waals surface area contributed by atoms with Gasteiger partial charge in [0.25, 0.3) is 0 Å². The van der Waals surface area contributed by atoms with E-state index in [2.05, 4.69) is 4.98 Å². The predicted octanol–water partition coefficient (Wildman–Crippen LogP) is 2.57. The maximum Gasteiger partial charge on any atom is 0.142 e. The first-order valence-corrected chi connectivity index (χ1v) is 5.69. The summed E-state index contributed by atoms with van der Waals surface area (Å²) in [5.41, 5.74) is -0.0593. The van der Waals surface area contributed by atoms with E-state index in [4.69, 9.17) is 0 Å². The molecule has 5 heteroatoms. The molecule has 0 saturated heterocycles.